The van der Waals surface area contributed by atoms with E-state index in [2.05, 4.69) is 0 Å². The molecule has 6 heteroatoms. The number of hydrogen-bond acceptors (Lipinski definition) is 3. The zero-order chi connectivity index (χ0) is 14.0. The fourth-order valence-electron chi connectivity index (χ4n) is 1.81. The lowest BCUT2D eigenvalue weighted by molar-refractivity contribution is -0.384. The molecule has 0 aliphatic rings. The number of rotatable bonds is 4. The van der Waals surface area contributed by atoms with Crippen molar-refractivity contribution < 1.29 is 14.8 Å². The molecule has 1 heterocycles. The first-order chi connectivity index (χ1) is 9.00. The highest BCUT2D eigenvalue weighted by atomic mass is 16.6. The number of nitro benzene ring substituents is 1. The van der Waals surface area contributed by atoms with Crippen LogP contribution in [0.4, 0.5) is 5.69 Å². The molecule has 0 spiro atoms. The molecular weight excluding hydrogens is 248 g/mol. The van der Waals surface area contributed by atoms with Crippen LogP contribution in [0.3, 0.4) is 0 Å². The molecule has 0 aliphatic heterocycles. The van der Waals surface area contributed by atoms with E-state index < -0.39 is 16.8 Å². The Labute approximate surface area is 109 Å². The number of nitrogens with zero attached hydrogens (tertiary/aromatic N) is 2. The summed E-state index contributed by atoms with van der Waals surface area (Å²) >= 11 is 0. The van der Waals surface area contributed by atoms with Gasteiger partial charge in [0.2, 0.25) is 0 Å². The molecule has 0 saturated carbocycles. The smallest absolute Gasteiger partial charge is 0.310 e. The van der Waals surface area contributed by atoms with Crippen molar-refractivity contribution in [2.45, 2.75) is 12.8 Å². The summed E-state index contributed by atoms with van der Waals surface area (Å²) < 4.78 is 1.62. The monoisotopic (exact) mass is 260 g/mol. The lowest BCUT2D eigenvalue weighted by Gasteiger charge is -2.09. The maximum Gasteiger partial charge on any atom is 0.310 e. The summed E-state index contributed by atoms with van der Waals surface area (Å²) in [7, 11) is 0. The maximum atomic E-state index is 11.1. The van der Waals surface area contributed by atoms with Crippen molar-refractivity contribution in [3.63, 3.8) is 0 Å². The van der Waals surface area contributed by atoms with Gasteiger partial charge < -0.3 is 9.67 Å². The van der Waals surface area contributed by atoms with Crippen LogP contribution in [-0.4, -0.2) is 20.6 Å². The topological polar surface area (TPSA) is 85.4 Å². The molecular formula is C13H12N2O4. The molecule has 2 aromatic rings. The third kappa shape index (κ3) is 2.47. The first-order valence-electron chi connectivity index (χ1n) is 5.65. The number of aliphatic carboxylic acids is 1. The van der Waals surface area contributed by atoms with Crippen molar-refractivity contribution >= 4 is 11.7 Å². The van der Waals surface area contributed by atoms with Crippen LogP contribution in [-0.2, 0) is 4.79 Å². The quantitative estimate of drug-likeness (QED) is 0.676. The van der Waals surface area contributed by atoms with Crippen LogP contribution in [0.2, 0.25) is 0 Å². The molecule has 6 nitrogen and oxygen atoms in total. The third-order valence-electron chi connectivity index (χ3n) is 2.95. The van der Waals surface area contributed by atoms with Gasteiger partial charge in [-0.3, -0.25) is 14.9 Å². The number of carboxylic acids is 1. The number of carboxylic acid groups (broad SMARTS) is 1. The molecule has 1 aromatic carbocycles. The van der Waals surface area contributed by atoms with E-state index in [0.717, 1.165) is 0 Å². The molecule has 1 unspecified atom stereocenters. The largest absolute Gasteiger partial charge is 0.481 e. The number of benzene rings is 1. The number of hydrogen-bond donors (Lipinski definition) is 1. The minimum absolute atomic E-state index is 0.109. The normalized spacial score (nSPS) is 12.1. The Balaban J connectivity index is 2.53. The van der Waals surface area contributed by atoms with Gasteiger partial charge in [0.1, 0.15) is 5.69 Å². The summed E-state index contributed by atoms with van der Waals surface area (Å²) in [6, 6.07) is 8.00. The highest BCUT2D eigenvalue weighted by molar-refractivity contribution is 5.76. The molecule has 1 N–H and O–H groups in total. The Bertz CT molecular complexity index is 620. The molecule has 1 atom stereocenters. The lowest BCUT2D eigenvalue weighted by atomic mass is 10.0. The summed E-state index contributed by atoms with van der Waals surface area (Å²) in [6.07, 6.45) is 3.39. The summed E-state index contributed by atoms with van der Waals surface area (Å²) in [5.41, 5.74) is 0.716. The van der Waals surface area contributed by atoms with E-state index in [4.69, 9.17) is 5.11 Å². The highest BCUT2D eigenvalue weighted by Crippen LogP contribution is 2.27. The standard InChI is InChI=1S/C13H12N2O4/c1-9(13(16)17)10-4-5-11(12(8-10)15(18)19)14-6-2-3-7-14/h2-9H,1H3,(H,16,17). The van der Waals surface area contributed by atoms with E-state index in [1.807, 2.05) is 0 Å². The molecule has 0 radical (unpaired) electrons. The Kier molecular flexibility index (Phi) is 3.33. The van der Waals surface area contributed by atoms with Crippen molar-refractivity contribution in [2.24, 2.45) is 0 Å². The fourth-order valence-corrected chi connectivity index (χ4v) is 1.81. The molecule has 0 amide bonds. The predicted octanol–water partition coefficient (Wildman–Crippen LogP) is 2.57. The average molecular weight is 260 g/mol. The van der Waals surface area contributed by atoms with Gasteiger partial charge >= 0.3 is 5.97 Å². The van der Waals surface area contributed by atoms with Gasteiger partial charge in [0.15, 0.2) is 0 Å². The van der Waals surface area contributed by atoms with Gasteiger partial charge in [-0.25, -0.2) is 0 Å². The van der Waals surface area contributed by atoms with E-state index >= 15 is 0 Å². The first kappa shape index (κ1) is 12.8. The van der Waals surface area contributed by atoms with Gasteiger partial charge in [0.05, 0.1) is 10.8 Å². The van der Waals surface area contributed by atoms with Crippen LogP contribution < -0.4 is 0 Å². The van der Waals surface area contributed by atoms with Crippen molar-refractivity contribution in [3.8, 4) is 5.69 Å². The van der Waals surface area contributed by atoms with Crippen molar-refractivity contribution in [2.75, 3.05) is 0 Å². The first-order valence-corrected chi connectivity index (χ1v) is 5.65. The van der Waals surface area contributed by atoms with Crippen molar-refractivity contribution in [1.82, 2.24) is 4.57 Å². The van der Waals surface area contributed by atoms with E-state index in [0.29, 0.717) is 11.3 Å². The van der Waals surface area contributed by atoms with Crippen LogP contribution in [0.25, 0.3) is 5.69 Å². The second-order valence-electron chi connectivity index (χ2n) is 4.16. The molecule has 0 bridgehead atoms. The lowest BCUT2D eigenvalue weighted by Crippen LogP contribution is -2.08. The predicted molar refractivity (Wildman–Crippen MR) is 68.5 cm³/mol. The van der Waals surface area contributed by atoms with Gasteiger partial charge in [-0.1, -0.05) is 6.07 Å². The summed E-state index contributed by atoms with van der Waals surface area (Å²) in [5, 5.41) is 20.0. The zero-order valence-electron chi connectivity index (χ0n) is 10.2. The molecule has 98 valence electrons. The molecule has 0 aliphatic carbocycles. The zero-order valence-corrected chi connectivity index (χ0v) is 10.2. The Morgan fingerprint density at radius 3 is 2.53 bits per heavy atom. The fraction of sp³-hybridized carbons (Fsp3) is 0.154. The average Bonchev–Trinajstić information content (AvgIpc) is 2.90. The van der Waals surface area contributed by atoms with Crippen LogP contribution in [0.15, 0.2) is 42.7 Å². The number of carbonyl (C=O) groups is 1. The second-order valence-corrected chi connectivity index (χ2v) is 4.16. The molecule has 19 heavy (non-hydrogen) atoms. The molecule has 0 saturated heterocycles. The number of nitro groups is 1. The second kappa shape index (κ2) is 4.93. The van der Waals surface area contributed by atoms with Crippen LogP contribution in [0, 0.1) is 10.1 Å². The van der Waals surface area contributed by atoms with Gasteiger partial charge in [0.25, 0.3) is 5.69 Å². The van der Waals surface area contributed by atoms with E-state index in [-0.39, 0.29) is 5.69 Å². The van der Waals surface area contributed by atoms with Gasteiger partial charge in [-0.2, -0.15) is 0 Å². The minimum Gasteiger partial charge on any atom is -0.481 e. The molecule has 2 rings (SSSR count). The van der Waals surface area contributed by atoms with Gasteiger partial charge in [-0.15, -0.1) is 0 Å². The van der Waals surface area contributed by atoms with Gasteiger partial charge in [0, 0.05) is 18.5 Å². The summed E-state index contributed by atoms with van der Waals surface area (Å²) in [6.45, 7) is 1.50. The SMILES string of the molecule is CC(C(=O)O)c1ccc(-n2cccc2)c([N+](=O)[O-])c1. The highest BCUT2D eigenvalue weighted by Gasteiger charge is 2.20. The summed E-state index contributed by atoms with van der Waals surface area (Å²) in [5.74, 6) is -1.79. The number of aromatic nitrogens is 1. The Hall–Kier alpha value is -2.63. The van der Waals surface area contributed by atoms with E-state index in [1.54, 1.807) is 41.2 Å². The van der Waals surface area contributed by atoms with E-state index in [1.165, 1.54) is 13.0 Å². The Morgan fingerprint density at radius 2 is 2.00 bits per heavy atom. The van der Waals surface area contributed by atoms with Crippen molar-refractivity contribution in [3.05, 3.63) is 58.4 Å². The van der Waals surface area contributed by atoms with Crippen LogP contribution >= 0.6 is 0 Å². The molecule has 0 fully saturated rings. The van der Waals surface area contributed by atoms with Crippen LogP contribution in [0.5, 0.6) is 0 Å². The third-order valence-corrected chi connectivity index (χ3v) is 2.95. The molecule has 1 aromatic heterocycles. The van der Waals surface area contributed by atoms with E-state index in [9.17, 15) is 14.9 Å². The van der Waals surface area contributed by atoms with Gasteiger partial charge in [-0.05, 0) is 30.7 Å². The Morgan fingerprint density at radius 1 is 1.37 bits per heavy atom. The van der Waals surface area contributed by atoms with Crippen LogP contribution in [0.1, 0.15) is 18.4 Å². The maximum absolute atomic E-state index is 11.1. The van der Waals surface area contributed by atoms with Crippen molar-refractivity contribution in [1.29, 1.82) is 0 Å². The minimum atomic E-state index is -1.01. The summed E-state index contributed by atoms with van der Waals surface area (Å²) in [4.78, 5) is 21.5.